The first-order chi connectivity index (χ1) is 72.6. The monoisotopic (exact) mass is 2050 g/mol. The number of rotatable bonds is 36. The molecule has 2 aliphatic carbocycles. The molecule has 0 bridgehead atoms. The third-order valence-corrected chi connectivity index (χ3v) is 30.2. The molecule has 10 N–H and O–H groups in total. The van der Waals surface area contributed by atoms with Gasteiger partial charge in [-0.1, -0.05) is 160 Å². The summed E-state index contributed by atoms with van der Waals surface area (Å²) in [6.45, 7) is 27.9. The Morgan fingerprint density at radius 1 is 0.329 bits per heavy atom. The number of unbranched alkanes of at least 4 members (excludes halogenated alkanes) is 2. The Morgan fingerprint density at radius 2 is 0.617 bits per heavy atom. The molecule has 0 unspecified atom stereocenters. The molecular formula is C113H147N25O10S. The van der Waals surface area contributed by atoms with E-state index in [0.717, 1.165) is 122 Å². The summed E-state index contributed by atoms with van der Waals surface area (Å²) in [5.74, 6) is 6.85. The van der Waals surface area contributed by atoms with Crippen LogP contribution in [0.3, 0.4) is 0 Å². The van der Waals surface area contributed by atoms with Gasteiger partial charge in [0.15, 0.2) is 34.1 Å². The van der Waals surface area contributed by atoms with Crippen molar-refractivity contribution in [1.82, 2.24) is 74.3 Å². The summed E-state index contributed by atoms with van der Waals surface area (Å²) in [5.41, 5.74) is 46.4. The van der Waals surface area contributed by atoms with Gasteiger partial charge in [-0.15, -0.1) is 0 Å². The van der Waals surface area contributed by atoms with Crippen LogP contribution < -0.4 is 72.1 Å². The number of hydrogen-bond acceptors (Lipinski definition) is 36. The van der Waals surface area contributed by atoms with E-state index in [-0.39, 0.29) is 54.2 Å². The van der Waals surface area contributed by atoms with E-state index in [2.05, 4.69) is 209 Å². The highest BCUT2D eigenvalue weighted by atomic mass is 32.2. The predicted octanol–water partition coefficient (Wildman–Crippen LogP) is 13.4. The molecule has 7 fully saturated rings. The van der Waals surface area contributed by atoms with E-state index >= 15 is 0 Å². The maximum absolute atomic E-state index is 13.1. The van der Waals surface area contributed by atoms with Crippen LogP contribution in [0.4, 0.5) is 58.2 Å². The highest BCUT2D eigenvalue weighted by Gasteiger charge is 2.58. The average molecular weight is 2050 g/mol. The number of hydrogen-bond donors (Lipinski definition) is 5. The molecule has 22 rings (SSSR count). The van der Waals surface area contributed by atoms with Crippen LogP contribution >= 0.6 is 11.8 Å². The van der Waals surface area contributed by atoms with Crippen molar-refractivity contribution in [1.29, 1.82) is 0 Å². The van der Waals surface area contributed by atoms with Crippen LogP contribution in [0.1, 0.15) is 213 Å². The molecule has 10 aliphatic heterocycles. The van der Waals surface area contributed by atoms with Gasteiger partial charge in [0.25, 0.3) is 0 Å². The van der Waals surface area contributed by atoms with Crippen molar-refractivity contribution in [3.8, 4) is 24.0 Å². The first-order valence-electron chi connectivity index (χ1n) is 53.8. The molecule has 35 nitrogen and oxygen atoms in total. The highest BCUT2D eigenvalue weighted by Crippen LogP contribution is 2.51. The Morgan fingerprint density at radius 3 is 0.946 bits per heavy atom. The summed E-state index contributed by atoms with van der Waals surface area (Å²) in [4.78, 5) is 130. The Bertz CT molecular complexity index is 6300. The lowest BCUT2D eigenvalue weighted by Gasteiger charge is -2.37. The third kappa shape index (κ3) is 28.5. The smallest absolute Gasteiger partial charge is 0.320 e. The van der Waals surface area contributed by atoms with Crippen molar-refractivity contribution in [2.75, 3.05) is 191 Å². The minimum Gasteiger partial charge on any atom is -0.463 e. The number of likely N-dealkylation sites (tertiary alicyclic amines) is 5. The molecule has 149 heavy (non-hydrogen) atoms. The predicted molar refractivity (Wildman–Crippen MR) is 581 cm³/mol. The molecule has 2 saturated carbocycles. The van der Waals surface area contributed by atoms with Crippen LogP contribution in [0.2, 0.25) is 0 Å². The van der Waals surface area contributed by atoms with Gasteiger partial charge in [-0.25, -0.2) is 9.97 Å². The number of carbonyl (C=O) groups is 5. The van der Waals surface area contributed by atoms with Crippen LogP contribution in [0, 0.1) is 5.92 Å². The van der Waals surface area contributed by atoms with Crippen molar-refractivity contribution in [3.05, 3.63) is 205 Å². The number of ketones is 5. The minimum atomic E-state index is -0.445. The van der Waals surface area contributed by atoms with E-state index in [1.165, 1.54) is 199 Å². The second-order valence-corrected chi connectivity index (χ2v) is 42.5. The lowest BCUT2D eigenvalue weighted by atomic mass is 9.94. The number of nitrogen functional groups attached to an aromatic ring is 5. The molecule has 36 heteroatoms. The first kappa shape index (κ1) is 106. The summed E-state index contributed by atoms with van der Waals surface area (Å²) in [6.07, 6.45) is 24.4. The molecule has 0 amide bonds. The fourth-order valence-electron chi connectivity index (χ4n) is 21.5. The van der Waals surface area contributed by atoms with Gasteiger partial charge in [-0.2, -0.15) is 39.9 Å². The van der Waals surface area contributed by atoms with E-state index in [9.17, 15) is 24.0 Å². The summed E-state index contributed by atoms with van der Waals surface area (Å²) in [6, 6.07) is 44.4. The number of fused-ring (bicyclic) bond motifs is 5. The molecule has 5 aromatic carbocycles. The molecule has 1 spiro atoms. The summed E-state index contributed by atoms with van der Waals surface area (Å²) >= 11 is 1.47. The molecule has 0 radical (unpaired) electrons. The van der Waals surface area contributed by atoms with Gasteiger partial charge in [0.2, 0.25) is 0 Å². The Labute approximate surface area is 879 Å². The molecule has 12 aliphatic rings. The zero-order valence-corrected chi connectivity index (χ0v) is 88.0. The molecule has 10 aromatic rings. The van der Waals surface area contributed by atoms with Crippen LogP contribution in [-0.4, -0.2) is 247 Å². The fourth-order valence-corrected chi connectivity index (χ4v) is 21.9. The summed E-state index contributed by atoms with van der Waals surface area (Å²) in [5, 5.41) is 0.647. The zero-order valence-electron chi connectivity index (χ0n) is 87.2. The van der Waals surface area contributed by atoms with Crippen molar-refractivity contribution < 1.29 is 47.7 Å². The third-order valence-electron chi connectivity index (χ3n) is 29.7. The zero-order chi connectivity index (χ0) is 103. The SMILES string of the molecule is CCCCOc1nc(N)c2c(n1)N(Cc1ccc(CN3CCCC3)cc1)CC(=O)C2.CCCCOc1nc(N)c2c(n1)N(Cc1cccc(CN3CCCC3)c1)C1(CC1)C(=O)C2.COCCOc1nc(N)c2c(n1)N(Cc1cccc(CN3CCCC3)c1)CC(=O)C2.CSc1nc(N)c2c(n1)N(Cc1cccc(CN3CCCC3)c1)CC(=O)C2.Nc1nc(OCC2CC2)nc2c1CC(=O)CN2Cc1cccc(CN2CCCC2)c1. The average Bonchev–Trinajstić information content (AvgIpc) is 1.56. The molecule has 0 atom stereocenters. The number of nitrogens with two attached hydrogens (primary N) is 5. The Balaban J connectivity index is 0.000000122. The van der Waals surface area contributed by atoms with Crippen LogP contribution in [0.15, 0.2) is 126 Å². The lowest BCUT2D eigenvalue weighted by Crippen LogP contribution is -2.48. The molecule has 5 saturated heterocycles. The second-order valence-electron chi connectivity index (χ2n) is 41.7. The molecule has 790 valence electrons. The van der Waals surface area contributed by atoms with E-state index in [4.69, 9.17) is 57.3 Å². The van der Waals surface area contributed by atoms with Crippen LogP contribution in [-0.2, 0) is 126 Å². The minimum absolute atomic E-state index is 0.110. The van der Waals surface area contributed by atoms with Gasteiger partial charge in [0.1, 0.15) is 70.3 Å². The largest absolute Gasteiger partial charge is 0.463 e. The maximum Gasteiger partial charge on any atom is 0.320 e. The number of anilines is 10. The van der Waals surface area contributed by atoms with E-state index < -0.39 is 5.54 Å². The van der Waals surface area contributed by atoms with E-state index in [1.807, 2.05) is 25.9 Å². The number of benzene rings is 5. The van der Waals surface area contributed by atoms with Gasteiger partial charge in [0, 0.05) is 132 Å². The summed E-state index contributed by atoms with van der Waals surface area (Å²) in [7, 11) is 1.61. The van der Waals surface area contributed by atoms with Gasteiger partial charge < -0.3 is 76.9 Å². The Kier molecular flexibility index (Phi) is 36.0. The number of Topliss-reactive ketones (excluding diaryl/α,β-unsaturated/α-hetero) is 5. The fraction of sp³-hybridized carbons (Fsp3) is 0.513. The van der Waals surface area contributed by atoms with E-state index in [1.54, 1.807) is 7.11 Å². The topological polar surface area (TPSA) is 423 Å². The van der Waals surface area contributed by atoms with Crippen LogP contribution in [0.25, 0.3) is 0 Å². The van der Waals surface area contributed by atoms with Crippen molar-refractivity contribution in [2.24, 2.45) is 5.92 Å². The van der Waals surface area contributed by atoms with Gasteiger partial charge in [-0.05, 0) is 236 Å². The maximum atomic E-state index is 13.1. The molecular weight excluding hydrogens is 1900 g/mol. The van der Waals surface area contributed by atoms with Crippen molar-refractivity contribution >= 4 is 98.9 Å². The van der Waals surface area contributed by atoms with Crippen molar-refractivity contribution in [2.45, 2.75) is 238 Å². The quantitative estimate of drug-likeness (QED) is 0.0138. The number of carbonyl (C=O) groups excluding carboxylic acids is 5. The second kappa shape index (κ2) is 50.6. The normalized spacial score (nSPS) is 17.9. The Hall–Kier alpha value is -12.8. The molecule has 5 aromatic heterocycles. The summed E-state index contributed by atoms with van der Waals surface area (Å²) < 4.78 is 27.8. The number of nitrogens with zero attached hydrogens (tertiary/aromatic N) is 20. The van der Waals surface area contributed by atoms with E-state index in [0.29, 0.717) is 180 Å². The lowest BCUT2D eigenvalue weighted by molar-refractivity contribution is -0.121. The van der Waals surface area contributed by atoms with Crippen LogP contribution in [0.5, 0.6) is 24.0 Å². The molecule has 15 heterocycles. The number of thioether (sulfide) groups is 1. The number of methoxy groups -OCH3 is 1. The first-order valence-corrected chi connectivity index (χ1v) is 55.1. The number of aromatic nitrogens is 10. The van der Waals surface area contributed by atoms with Crippen molar-refractivity contribution in [3.63, 3.8) is 0 Å². The highest BCUT2D eigenvalue weighted by molar-refractivity contribution is 7.98. The van der Waals surface area contributed by atoms with Gasteiger partial charge in [0.05, 0.1) is 52.6 Å². The van der Waals surface area contributed by atoms with Gasteiger partial charge >= 0.3 is 24.0 Å². The van der Waals surface area contributed by atoms with Gasteiger partial charge in [-0.3, -0.25) is 48.5 Å². The standard InChI is InChI=1S/C25H33N5O2.C23H29N5O2.C23H31N5O2.C22H29N5O3.C20H25N5OS/c1-2-3-13-32-24-27-22(26)20-15-21(31)25(9-10-25)30(23(20)28-24)17-19-8-6-7-18(14-19)16-29-11-4-5-12-29;24-21-20-11-19(29)14-28(22(20)26-23(25-21)30-15-16-6-7-16)13-18-5-3-4-17(10-18)12-27-8-1-2-9-27;1-2-3-12-30-23-25-21(24)20-13-19(29)16-28(22(20)26-23)15-18-8-6-17(7-9-18)14-27-10-4-5-11-27;1-29-9-10-30-22-24-20(23)19-12-18(28)15-27(21(19)25-22)14-17-6-4-5-16(11-17)13-26-7-2-3-8-26;1-27-20-22-18(21)17-10-16(26)13-25(19(17)23-20)12-15-6-4-5-14(9-15)11-24-7-2-3-8-24/h6-8,14H,2-5,9-13,15-17H2,1H3,(H2,26,27,28);3-5,10,16H,1-2,6-9,11-15H2,(H2,24,25,26);6-9H,2-5,10-16H2,1H3,(H2,24,25,26);4-6,11H,2-3,7-10,12-15H2,1H3,(H2,23,24,25);4-6,9H,2-3,7-8,10-13H2,1H3,(H2,21,22,23). The number of ether oxygens (including phenoxy) is 5.